The van der Waals surface area contributed by atoms with Gasteiger partial charge in [-0.3, -0.25) is 9.59 Å². The van der Waals surface area contributed by atoms with Crippen molar-refractivity contribution in [1.82, 2.24) is 14.7 Å². The van der Waals surface area contributed by atoms with Crippen LogP contribution in [0.25, 0.3) is 0 Å². The van der Waals surface area contributed by atoms with Gasteiger partial charge in [0.2, 0.25) is 0 Å². The maximum absolute atomic E-state index is 12.6. The van der Waals surface area contributed by atoms with Gasteiger partial charge in [-0.25, -0.2) is 4.68 Å². The third-order valence-corrected chi connectivity index (χ3v) is 5.19. The molecule has 0 atom stereocenters. The van der Waals surface area contributed by atoms with Crippen molar-refractivity contribution >= 4 is 11.6 Å². The second-order valence-electron chi connectivity index (χ2n) is 7.57. The highest BCUT2D eigenvalue weighted by molar-refractivity contribution is 5.95. The van der Waals surface area contributed by atoms with Crippen LogP contribution in [-0.4, -0.2) is 47.8 Å². The Morgan fingerprint density at radius 3 is 2.42 bits per heavy atom. The molecule has 6 nitrogen and oxygen atoms in total. The zero-order chi connectivity index (χ0) is 18.3. The van der Waals surface area contributed by atoms with Gasteiger partial charge < -0.3 is 9.80 Å². The standard InChI is InChI=1S/C20H24N4O2/c1-22(2)17-7-5-16(6-8-17)20(26)23-11-14(12-23)13-24-19(25)10-9-18(21-24)15-3-4-15/h5-10,14-15H,3-4,11-13H2,1-2H3. The number of nitrogens with zero attached hydrogens (tertiary/aromatic N) is 4. The lowest BCUT2D eigenvalue weighted by molar-refractivity contribution is 0.0458. The average Bonchev–Trinajstić information content (AvgIpc) is 3.44. The van der Waals surface area contributed by atoms with Crippen molar-refractivity contribution in [1.29, 1.82) is 0 Å². The first-order valence-electron chi connectivity index (χ1n) is 9.16. The molecule has 0 radical (unpaired) electrons. The number of benzene rings is 1. The van der Waals surface area contributed by atoms with Crippen LogP contribution >= 0.6 is 0 Å². The molecule has 1 aromatic heterocycles. The minimum Gasteiger partial charge on any atom is -0.378 e. The first kappa shape index (κ1) is 16.8. The first-order valence-corrected chi connectivity index (χ1v) is 9.16. The molecule has 0 bridgehead atoms. The Labute approximate surface area is 153 Å². The number of rotatable bonds is 5. The Balaban J connectivity index is 1.36. The van der Waals surface area contributed by atoms with Crippen LogP contribution in [0.2, 0.25) is 0 Å². The highest BCUT2D eigenvalue weighted by atomic mass is 16.2. The van der Waals surface area contributed by atoms with Gasteiger partial charge in [0, 0.05) is 56.3 Å². The van der Waals surface area contributed by atoms with Crippen LogP contribution in [-0.2, 0) is 6.54 Å². The van der Waals surface area contributed by atoms with E-state index in [4.69, 9.17) is 0 Å². The lowest BCUT2D eigenvalue weighted by Crippen LogP contribution is -2.52. The van der Waals surface area contributed by atoms with Gasteiger partial charge in [-0.05, 0) is 43.2 Å². The Bertz CT molecular complexity index is 862. The van der Waals surface area contributed by atoms with Crippen molar-refractivity contribution in [3.63, 3.8) is 0 Å². The Morgan fingerprint density at radius 2 is 1.81 bits per heavy atom. The number of likely N-dealkylation sites (tertiary alicyclic amines) is 1. The number of hydrogen-bond donors (Lipinski definition) is 0. The largest absolute Gasteiger partial charge is 0.378 e. The van der Waals surface area contributed by atoms with Gasteiger partial charge in [0.15, 0.2) is 0 Å². The van der Waals surface area contributed by atoms with Crippen molar-refractivity contribution in [2.45, 2.75) is 25.3 Å². The van der Waals surface area contributed by atoms with Gasteiger partial charge in [0.1, 0.15) is 0 Å². The third-order valence-electron chi connectivity index (χ3n) is 5.19. The summed E-state index contributed by atoms with van der Waals surface area (Å²) < 4.78 is 1.58. The summed E-state index contributed by atoms with van der Waals surface area (Å²) >= 11 is 0. The zero-order valence-electron chi connectivity index (χ0n) is 15.3. The average molecular weight is 352 g/mol. The number of carbonyl (C=O) groups is 1. The number of anilines is 1. The molecular weight excluding hydrogens is 328 g/mol. The highest BCUT2D eigenvalue weighted by Crippen LogP contribution is 2.38. The topological polar surface area (TPSA) is 58.4 Å². The van der Waals surface area contributed by atoms with Crippen molar-refractivity contribution < 1.29 is 4.79 Å². The summed E-state index contributed by atoms with van der Waals surface area (Å²) in [7, 11) is 3.95. The predicted molar refractivity (Wildman–Crippen MR) is 101 cm³/mol. The van der Waals surface area contributed by atoms with Gasteiger partial charge in [0.25, 0.3) is 11.5 Å². The molecule has 2 heterocycles. The van der Waals surface area contributed by atoms with E-state index in [1.807, 2.05) is 54.2 Å². The third kappa shape index (κ3) is 3.36. The molecule has 2 fully saturated rings. The van der Waals surface area contributed by atoms with Crippen LogP contribution in [0, 0.1) is 5.92 Å². The van der Waals surface area contributed by atoms with E-state index in [1.54, 1.807) is 10.7 Å². The summed E-state index contributed by atoms with van der Waals surface area (Å²) in [6.07, 6.45) is 2.34. The van der Waals surface area contributed by atoms with Crippen molar-refractivity contribution in [2.75, 3.05) is 32.1 Å². The Kier molecular flexibility index (Phi) is 4.26. The monoisotopic (exact) mass is 352 g/mol. The fourth-order valence-electron chi connectivity index (χ4n) is 3.37. The van der Waals surface area contributed by atoms with E-state index in [0.29, 0.717) is 37.0 Å². The maximum Gasteiger partial charge on any atom is 0.266 e. The van der Waals surface area contributed by atoms with Gasteiger partial charge in [-0.1, -0.05) is 0 Å². The van der Waals surface area contributed by atoms with E-state index in [1.165, 1.54) is 12.8 Å². The Hall–Kier alpha value is -2.63. The smallest absolute Gasteiger partial charge is 0.266 e. The minimum atomic E-state index is -0.0570. The van der Waals surface area contributed by atoms with Crippen LogP contribution in [0.5, 0.6) is 0 Å². The van der Waals surface area contributed by atoms with Crippen LogP contribution in [0.4, 0.5) is 5.69 Å². The molecule has 1 aromatic carbocycles. The van der Waals surface area contributed by atoms with E-state index in [-0.39, 0.29) is 11.5 Å². The Morgan fingerprint density at radius 1 is 1.12 bits per heavy atom. The molecule has 1 amide bonds. The number of carbonyl (C=O) groups excluding carboxylic acids is 1. The summed E-state index contributed by atoms with van der Waals surface area (Å²) in [5.41, 5.74) is 2.75. The molecule has 1 aliphatic heterocycles. The minimum absolute atomic E-state index is 0.0543. The van der Waals surface area contributed by atoms with E-state index >= 15 is 0 Å². The van der Waals surface area contributed by atoms with Crippen molar-refractivity contribution in [2.24, 2.45) is 5.92 Å². The van der Waals surface area contributed by atoms with E-state index < -0.39 is 0 Å². The highest BCUT2D eigenvalue weighted by Gasteiger charge is 2.32. The molecular formula is C20H24N4O2. The molecule has 2 aromatic rings. The summed E-state index contributed by atoms with van der Waals surface area (Å²) in [6, 6.07) is 11.1. The molecule has 6 heteroatoms. The molecule has 136 valence electrons. The molecule has 0 unspecified atom stereocenters. The summed E-state index contributed by atoms with van der Waals surface area (Å²) in [5.74, 6) is 0.879. The number of aromatic nitrogens is 2. The lowest BCUT2D eigenvalue weighted by atomic mass is 9.98. The molecule has 0 N–H and O–H groups in total. The quantitative estimate of drug-likeness (QED) is 0.825. The van der Waals surface area contributed by atoms with Gasteiger partial charge >= 0.3 is 0 Å². The van der Waals surface area contributed by atoms with Gasteiger partial charge in [-0.15, -0.1) is 0 Å². The predicted octanol–water partition coefficient (Wildman–Crippen LogP) is 1.96. The van der Waals surface area contributed by atoms with Gasteiger partial charge in [-0.2, -0.15) is 5.10 Å². The molecule has 4 rings (SSSR count). The molecule has 26 heavy (non-hydrogen) atoms. The fourth-order valence-corrected chi connectivity index (χ4v) is 3.37. The number of hydrogen-bond acceptors (Lipinski definition) is 4. The number of amides is 1. The maximum atomic E-state index is 12.6. The van der Waals surface area contributed by atoms with Gasteiger partial charge in [0.05, 0.1) is 12.2 Å². The first-order chi connectivity index (χ1) is 12.5. The van der Waals surface area contributed by atoms with Crippen LogP contribution in [0.15, 0.2) is 41.2 Å². The summed E-state index contributed by atoms with van der Waals surface area (Å²) in [6.45, 7) is 1.94. The van der Waals surface area contributed by atoms with E-state index in [0.717, 1.165) is 11.4 Å². The molecule has 1 saturated carbocycles. The van der Waals surface area contributed by atoms with Crippen LogP contribution in [0.1, 0.15) is 34.8 Å². The molecule has 1 aliphatic carbocycles. The normalized spacial score (nSPS) is 17.1. The van der Waals surface area contributed by atoms with Crippen molar-refractivity contribution in [3.8, 4) is 0 Å². The fraction of sp³-hybridized carbons (Fsp3) is 0.450. The molecule has 2 aliphatic rings. The summed E-state index contributed by atoms with van der Waals surface area (Å²) in [4.78, 5) is 28.4. The van der Waals surface area contributed by atoms with Crippen molar-refractivity contribution in [3.05, 3.63) is 58.0 Å². The van der Waals surface area contributed by atoms with E-state index in [9.17, 15) is 9.59 Å². The molecule has 1 saturated heterocycles. The summed E-state index contributed by atoms with van der Waals surface area (Å²) in [5, 5.41) is 4.51. The van der Waals surface area contributed by atoms with E-state index in [2.05, 4.69) is 5.10 Å². The second-order valence-corrected chi connectivity index (χ2v) is 7.57. The SMILES string of the molecule is CN(C)c1ccc(C(=O)N2CC(Cn3nc(C4CC4)ccc3=O)C2)cc1. The second kappa shape index (κ2) is 6.59. The zero-order valence-corrected chi connectivity index (χ0v) is 15.3. The lowest BCUT2D eigenvalue weighted by Gasteiger charge is -2.39. The van der Waals surface area contributed by atoms with Crippen LogP contribution in [0.3, 0.4) is 0 Å². The van der Waals surface area contributed by atoms with Crippen LogP contribution < -0.4 is 10.5 Å². The molecule has 0 spiro atoms.